The Morgan fingerprint density at radius 1 is 0.935 bits per heavy atom. The molecule has 4 nitrogen and oxygen atoms in total. The summed E-state index contributed by atoms with van der Waals surface area (Å²) in [5, 5.41) is 5.40. The van der Waals surface area contributed by atoms with Crippen molar-refractivity contribution in [3.63, 3.8) is 0 Å². The lowest BCUT2D eigenvalue weighted by molar-refractivity contribution is -0.117. The molecular weight excluding hydrogens is 398 g/mol. The van der Waals surface area contributed by atoms with Crippen LogP contribution in [0.25, 0.3) is 6.08 Å². The average molecular weight is 420 g/mol. The van der Waals surface area contributed by atoms with Crippen molar-refractivity contribution in [2.75, 3.05) is 7.05 Å². The molecule has 3 aromatic rings. The minimum atomic E-state index is -0.537. The summed E-state index contributed by atoms with van der Waals surface area (Å²) in [6.45, 7) is 0. The number of rotatable bonds is 7. The molecule has 0 aliphatic rings. The van der Waals surface area contributed by atoms with Crippen molar-refractivity contribution in [1.82, 2.24) is 10.6 Å². The largest absolute Gasteiger partial charge is 0.355 e. The van der Waals surface area contributed by atoms with Crippen LogP contribution in [0.4, 0.5) is 8.78 Å². The molecule has 0 heterocycles. The van der Waals surface area contributed by atoms with Crippen LogP contribution >= 0.6 is 0 Å². The maximum absolute atomic E-state index is 13.7. The Morgan fingerprint density at radius 3 is 2.26 bits per heavy atom. The van der Waals surface area contributed by atoms with Crippen LogP contribution in [0.5, 0.6) is 0 Å². The minimum Gasteiger partial charge on any atom is -0.355 e. The van der Waals surface area contributed by atoms with Crippen molar-refractivity contribution in [3.05, 3.63) is 113 Å². The number of carbonyl (C=O) groups excluding carboxylic acids is 2. The van der Waals surface area contributed by atoms with E-state index in [0.717, 1.165) is 5.56 Å². The van der Waals surface area contributed by atoms with Crippen molar-refractivity contribution in [2.24, 2.45) is 0 Å². The number of nitrogens with one attached hydrogen (secondary N) is 2. The Kier molecular flexibility index (Phi) is 7.27. The molecule has 0 aromatic heterocycles. The van der Waals surface area contributed by atoms with Crippen molar-refractivity contribution in [2.45, 2.75) is 12.5 Å². The molecule has 158 valence electrons. The van der Waals surface area contributed by atoms with Gasteiger partial charge in [0.15, 0.2) is 0 Å². The molecule has 2 amide bonds. The van der Waals surface area contributed by atoms with Gasteiger partial charge in [-0.05, 0) is 65.6 Å². The first-order valence-electron chi connectivity index (χ1n) is 9.75. The SMILES string of the molecule is CNC(=O)c1ccc(/C=C/C(=O)NC(Cc2cccc(F)c2)c2cccc(F)c2)cc1. The third-order valence-electron chi connectivity index (χ3n) is 4.72. The van der Waals surface area contributed by atoms with E-state index in [9.17, 15) is 18.4 Å². The zero-order valence-corrected chi connectivity index (χ0v) is 16.9. The third kappa shape index (κ3) is 6.34. The topological polar surface area (TPSA) is 58.2 Å². The summed E-state index contributed by atoms with van der Waals surface area (Å²) in [7, 11) is 1.55. The highest BCUT2D eigenvalue weighted by atomic mass is 19.1. The zero-order valence-electron chi connectivity index (χ0n) is 16.9. The van der Waals surface area contributed by atoms with Crippen LogP contribution in [0.15, 0.2) is 78.9 Å². The van der Waals surface area contributed by atoms with Gasteiger partial charge >= 0.3 is 0 Å². The summed E-state index contributed by atoms with van der Waals surface area (Å²) in [4.78, 5) is 24.1. The molecule has 0 spiro atoms. The van der Waals surface area contributed by atoms with E-state index in [1.54, 1.807) is 61.7 Å². The molecule has 3 aromatic carbocycles. The fourth-order valence-corrected chi connectivity index (χ4v) is 3.16. The average Bonchev–Trinajstić information content (AvgIpc) is 2.77. The van der Waals surface area contributed by atoms with Gasteiger partial charge in [0.05, 0.1) is 6.04 Å². The van der Waals surface area contributed by atoms with E-state index in [0.29, 0.717) is 23.1 Å². The smallest absolute Gasteiger partial charge is 0.251 e. The molecule has 0 saturated carbocycles. The monoisotopic (exact) mass is 420 g/mol. The summed E-state index contributed by atoms with van der Waals surface area (Å²) >= 11 is 0. The van der Waals surface area contributed by atoms with E-state index in [2.05, 4.69) is 10.6 Å². The van der Waals surface area contributed by atoms with Crippen LogP contribution in [0, 0.1) is 11.6 Å². The maximum Gasteiger partial charge on any atom is 0.251 e. The van der Waals surface area contributed by atoms with Crippen molar-refractivity contribution in [3.8, 4) is 0 Å². The van der Waals surface area contributed by atoms with Gasteiger partial charge in [0, 0.05) is 18.7 Å². The lowest BCUT2D eigenvalue weighted by Crippen LogP contribution is -2.28. The Labute approximate surface area is 179 Å². The van der Waals surface area contributed by atoms with Crippen molar-refractivity contribution >= 4 is 17.9 Å². The molecule has 0 aliphatic heterocycles. The fraction of sp³-hybridized carbons (Fsp3) is 0.120. The number of amides is 2. The van der Waals surface area contributed by atoms with E-state index in [1.165, 1.54) is 30.3 Å². The van der Waals surface area contributed by atoms with Crippen LogP contribution in [-0.4, -0.2) is 18.9 Å². The van der Waals surface area contributed by atoms with E-state index in [4.69, 9.17) is 0 Å². The number of carbonyl (C=O) groups is 2. The number of benzene rings is 3. The molecule has 3 rings (SSSR count). The predicted octanol–water partition coefficient (Wildman–Crippen LogP) is 4.44. The van der Waals surface area contributed by atoms with Crippen LogP contribution < -0.4 is 10.6 Å². The van der Waals surface area contributed by atoms with Gasteiger partial charge in [-0.1, -0.05) is 36.4 Å². The summed E-state index contributed by atoms with van der Waals surface area (Å²) in [5.41, 5.74) is 2.53. The lowest BCUT2D eigenvalue weighted by Gasteiger charge is -2.19. The molecule has 0 radical (unpaired) electrons. The Hall–Kier alpha value is -3.80. The third-order valence-corrected chi connectivity index (χ3v) is 4.72. The fourth-order valence-electron chi connectivity index (χ4n) is 3.16. The van der Waals surface area contributed by atoms with E-state index >= 15 is 0 Å². The zero-order chi connectivity index (χ0) is 22.2. The van der Waals surface area contributed by atoms with Gasteiger partial charge in [-0.15, -0.1) is 0 Å². The molecule has 6 heteroatoms. The van der Waals surface area contributed by atoms with Crippen LogP contribution in [-0.2, 0) is 11.2 Å². The summed E-state index contributed by atoms with van der Waals surface area (Å²) < 4.78 is 27.3. The number of halogens is 2. The van der Waals surface area contributed by atoms with Gasteiger partial charge in [-0.25, -0.2) is 8.78 Å². The first-order valence-corrected chi connectivity index (χ1v) is 9.75. The second-order valence-electron chi connectivity index (χ2n) is 6.98. The lowest BCUT2D eigenvalue weighted by atomic mass is 9.98. The predicted molar refractivity (Wildman–Crippen MR) is 116 cm³/mol. The first kappa shape index (κ1) is 21.9. The normalized spacial score (nSPS) is 11.8. The quantitative estimate of drug-likeness (QED) is 0.556. The van der Waals surface area contributed by atoms with Gasteiger partial charge in [0.1, 0.15) is 11.6 Å². The van der Waals surface area contributed by atoms with Gasteiger partial charge in [0.25, 0.3) is 5.91 Å². The number of hydrogen-bond donors (Lipinski definition) is 2. The standard InChI is InChI=1S/C25H22F2N2O2/c1-28-25(31)19-11-8-17(9-12-19)10-13-24(30)29-23(20-5-3-7-22(27)16-20)15-18-4-2-6-21(26)14-18/h2-14,16,23H,15H2,1H3,(H,28,31)(H,29,30)/b13-10+. The van der Waals surface area contributed by atoms with Gasteiger partial charge in [-0.2, -0.15) is 0 Å². The van der Waals surface area contributed by atoms with Crippen molar-refractivity contribution < 1.29 is 18.4 Å². The van der Waals surface area contributed by atoms with E-state index < -0.39 is 11.9 Å². The summed E-state index contributed by atoms with van der Waals surface area (Å²) in [6.07, 6.45) is 3.29. The van der Waals surface area contributed by atoms with Crippen LogP contribution in [0.1, 0.15) is 33.1 Å². The van der Waals surface area contributed by atoms with E-state index in [-0.39, 0.29) is 17.6 Å². The van der Waals surface area contributed by atoms with Gasteiger partial charge < -0.3 is 10.6 Å². The summed E-state index contributed by atoms with van der Waals surface area (Å²) in [6, 6.07) is 18.3. The molecule has 31 heavy (non-hydrogen) atoms. The highest BCUT2D eigenvalue weighted by molar-refractivity contribution is 5.95. The Balaban J connectivity index is 1.74. The van der Waals surface area contributed by atoms with Gasteiger partial charge in [0.2, 0.25) is 5.91 Å². The maximum atomic E-state index is 13.7. The second-order valence-corrected chi connectivity index (χ2v) is 6.98. The Morgan fingerprint density at radius 2 is 1.61 bits per heavy atom. The van der Waals surface area contributed by atoms with Crippen molar-refractivity contribution in [1.29, 1.82) is 0 Å². The summed E-state index contributed by atoms with van der Waals surface area (Å²) in [5.74, 6) is -1.35. The van der Waals surface area contributed by atoms with Crippen LogP contribution in [0.2, 0.25) is 0 Å². The molecular formula is C25H22F2N2O2. The molecule has 0 saturated heterocycles. The molecule has 2 N–H and O–H groups in total. The van der Waals surface area contributed by atoms with Crippen LogP contribution in [0.3, 0.4) is 0 Å². The highest BCUT2D eigenvalue weighted by Gasteiger charge is 2.15. The minimum absolute atomic E-state index is 0.191. The first-order chi connectivity index (χ1) is 14.9. The molecule has 0 aliphatic carbocycles. The molecule has 1 atom stereocenters. The molecule has 1 unspecified atom stereocenters. The molecule has 0 bridgehead atoms. The highest BCUT2D eigenvalue weighted by Crippen LogP contribution is 2.20. The Bertz CT molecular complexity index is 1090. The second kappa shape index (κ2) is 10.3. The van der Waals surface area contributed by atoms with E-state index in [1.807, 2.05) is 0 Å². The van der Waals surface area contributed by atoms with Gasteiger partial charge in [-0.3, -0.25) is 9.59 Å². The number of hydrogen-bond acceptors (Lipinski definition) is 2. The molecule has 0 fully saturated rings.